The number of benzene rings is 2. The van der Waals surface area contributed by atoms with E-state index in [-0.39, 0.29) is 0 Å². The number of halogens is 2. The van der Waals surface area contributed by atoms with Gasteiger partial charge >= 0.3 is 0 Å². The molecule has 0 aromatic heterocycles. The summed E-state index contributed by atoms with van der Waals surface area (Å²) in [6.45, 7) is 0. The van der Waals surface area contributed by atoms with Gasteiger partial charge < -0.3 is 0 Å². The van der Waals surface area contributed by atoms with E-state index in [1.807, 2.05) is 0 Å². The van der Waals surface area contributed by atoms with Crippen LogP contribution in [0.25, 0.3) is 0 Å². The van der Waals surface area contributed by atoms with Crippen LogP contribution in [-0.4, -0.2) is 6.29 Å². The van der Waals surface area contributed by atoms with Gasteiger partial charge in [-0.2, -0.15) is 0 Å². The summed E-state index contributed by atoms with van der Waals surface area (Å²) in [6, 6.07) is 10.6. The molecule has 0 heterocycles. The summed E-state index contributed by atoms with van der Waals surface area (Å²) < 4.78 is 25.7. The van der Waals surface area contributed by atoms with Crippen molar-refractivity contribution in [3.63, 3.8) is 0 Å². The first kappa shape index (κ1) is 11.8. The Labute approximate surface area is 101 Å². The van der Waals surface area contributed by atoms with E-state index in [9.17, 15) is 13.6 Å². The summed E-state index contributed by atoms with van der Waals surface area (Å²) in [6.07, 6.45) is 0.756. The summed E-state index contributed by atoms with van der Waals surface area (Å²) >= 11 is 1.31. The van der Waals surface area contributed by atoms with E-state index in [0.717, 1.165) is 23.3 Å². The summed E-state index contributed by atoms with van der Waals surface area (Å²) in [5, 5.41) is 0. The van der Waals surface area contributed by atoms with Gasteiger partial charge in [-0.25, -0.2) is 8.78 Å². The van der Waals surface area contributed by atoms with E-state index in [1.165, 1.54) is 17.8 Å². The van der Waals surface area contributed by atoms with Crippen molar-refractivity contribution in [1.82, 2.24) is 0 Å². The van der Waals surface area contributed by atoms with E-state index in [2.05, 4.69) is 0 Å². The SMILES string of the molecule is O=Cc1ccc(Sc2ccc(F)c(F)c2)cc1. The molecular weight excluding hydrogens is 242 g/mol. The number of carbonyl (C=O) groups excluding carboxylic acids is 1. The van der Waals surface area contributed by atoms with Gasteiger partial charge in [-0.15, -0.1) is 0 Å². The third-order valence-electron chi connectivity index (χ3n) is 2.14. The van der Waals surface area contributed by atoms with Gasteiger partial charge in [-0.05, 0) is 30.3 Å². The molecular formula is C13H8F2OS. The first-order chi connectivity index (χ1) is 8.19. The predicted octanol–water partition coefficient (Wildman–Crippen LogP) is 3.93. The lowest BCUT2D eigenvalue weighted by Gasteiger charge is -2.02. The Hall–Kier alpha value is -1.68. The van der Waals surface area contributed by atoms with E-state index in [4.69, 9.17) is 0 Å². The Morgan fingerprint density at radius 1 is 0.882 bits per heavy atom. The van der Waals surface area contributed by atoms with E-state index in [0.29, 0.717) is 10.5 Å². The fourth-order valence-electron chi connectivity index (χ4n) is 1.29. The van der Waals surface area contributed by atoms with Crippen molar-refractivity contribution in [3.05, 3.63) is 59.7 Å². The topological polar surface area (TPSA) is 17.1 Å². The Kier molecular flexibility index (Phi) is 3.54. The van der Waals surface area contributed by atoms with Crippen molar-refractivity contribution >= 4 is 18.0 Å². The summed E-state index contributed by atoms with van der Waals surface area (Å²) in [7, 11) is 0. The zero-order chi connectivity index (χ0) is 12.3. The molecule has 0 radical (unpaired) electrons. The standard InChI is InChI=1S/C13H8F2OS/c14-12-6-5-11(7-13(12)15)17-10-3-1-9(8-16)2-4-10/h1-8H. The summed E-state index contributed by atoms with van der Waals surface area (Å²) in [5.41, 5.74) is 0.583. The summed E-state index contributed by atoms with van der Waals surface area (Å²) in [5.74, 6) is -1.72. The highest BCUT2D eigenvalue weighted by Crippen LogP contribution is 2.28. The zero-order valence-corrected chi connectivity index (χ0v) is 9.51. The van der Waals surface area contributed by atoms with Gasteiger partial charge in [-0.3, -0.25) is 4.79 Å². The van der Waals surface area contributed by atoms with E-state index >= 15 is 0 Å². The molecule has 0 N–H and O–H groups in total. The highest BCUT2D eigenvalue weighted by Gasteiger charge is 2.04. The average molecular weight is 250 g/mol. The number of aldehydes is 1. The van der Waals surface area contributed by atoms with E-state index < -0.39 is 11.6 Å². The fraction of sp³-hybridized carbons (Fsp3) is 0. The number of rotatable bonds is 3. The quantitative estimate of drug-likeness (QED) is 0.768. The molecule has 4 heteroatoms. The van der Waals surface area contributed by atoms with Crippen LogP contribution in [0.4, 0.5) is 8.78 Å². The van der Waals surface area contributed by atoms with Gasteiger partial charge in [-0.1, -0.05) is 23.9 Å². The van der Waals surface area contributed by atoms with Crippen LogP contribution >= 0.6 is 11.8 Å². The molecule has 0 fully saturated rings. The Morgan fingerprint density at radius 3 is 2.12 bits per heavy atom. The molecule has 17 heavy (non-hydrogen) atoms. The lowest BCUT2D eigenvalue weighted by molar-refractivity contribution is 0.112. The molecule has 0 saturated heterocycles. The maximum absolute atomic E-state index is 13.0. The third-order valence-corrected chi connectivity index (χ3v) is 3.14. The van der Waals surface area contributed by atoms with Crippen molar-refractivity contribution < 1.29 is 13.6 Å². The molecule has 2 aromatic rings. The highest BCUT2D eigenvalue weighted by atomic mass is 32.2. The van der Waals surface area contributed by atoms with Crippen molar-refractivity contribution in [2.24, 2.45) is 0 Å². The van der Waals surface area contributed by atoms with Crippen molar-refractivity contribution in [2.45, 2.75) is 9.79 Å². The van der Waals surface area contributed by atoms with Crippen LogP contribution in [0.3, 0.4) is 0 Å². The molecule has 0 aliphatic rings. The smallest absolute Gasteiger partial charge is 0.159 e. The maximum Gasteiger partial charge on any atom is 0.159 e. The van der Waals surface area contributed by atoms with E-state index in [1.54, 1.807) is 24.3 Å². The molecule has 0 bridgehead atoms. The largest absolute Gasteiger partial charge is 0.298 e. The first-order valence-corrected chi connectivity index (χ1v) is 5.69. The molecule has 0 aliphatic carbocycles. The number of hydrogen-bond acceptors (Lipinski definition) is 2. The molecule has 0 aliphatic heterocycles. The van der Waals surface area contributed by atoms with Crippen LogP contribution in [0.5, 0.6) is 0 Å². The zero-order valence-electron chi connectivity index (χ0n) is 8.69. The van der Waals surface area contributed by atoms with Gasteiger partial charge in [0.25, 0.3) is 0 Å². The van der Waals surface area contributed by atoms with Gasteiger partial charge in [0.2, 0.25) is 0 Å². The second kappa shape index (κ2) is 5.10. The molecule has 0 unspecified atom stereocenters. The van der Waals surface area contributed by atoms with Crippen molar-refractivity contribution in [1.29, 1.82) is 0 Å². The maximum atomic E-state index is 13.0. The lowest BCUT2D eigenvalue weighted by atomic mass is 10.2. The molecule has 2 rings (SSSR count). The third kappa shape index (κ3) is 2.91. The van der Waals surface area contributed by atoms with Crippen LogP contribution in [-0.2, 0) is 0 Å². The van der Waals surface area contributed by atoms with Crippen LogP contribution in [0.15, 0.2) is 52.3 Å². The first-order valence-electron chi connectivity index (χ1n) is 4.87. The van der Waals surface area contributed by atoms with Gasteiger partial charge in [0.05, 0.1) is 0 Å². The Bertz CT molecular complexity index is 538. The molecule has 2 aromatic carbocycles. The Balaban J connectivity index is 2.19. The highest BCUT2D eigenvalue weighted by molar-refractivity contribution is 7.99. The van der Waals surface area contributed by atoms with Crippen LogP contribution in [0, 0.1) is 11.6 Å². The van der Waals surface area contributed by atoms with Crippen LogP contribution in [0.1, 0.15) is 10.4 Å². The molecule has 0 amide bonds. The summed E-state index contributed by atoms with van der Waals surface area (Å²) in [4.78, 5) is 11.9. The minimum Gasteiger partial charge on any atom is -0.298 e. The predicted molar refractivity (Wildman–Crippen MR) is 62.3 cm³/mol. The number of hydrogen-bond donors (Lipinski definition) is 0. The van der Waals surface area contributed by atoms with Gasteiger partial charge in [0, 0.05) is 15.4 Å². The minimum absolute atomic E-state index is 0.583. The molecule has 86 valence electrons. The van der Waals surface area contributed by atoms with Crippen LogP contribution in [0.2, 0.25) is 0 Å². The lowest BCUT2D eigenvalue weighted by Crippen LogP contribution is -1.84. The minimum atomic E-state index is -0.862. The molecule has 0 saturated carbocycles. The van der Waals surface area contributed by atoms with Crippen molar-refractivity contribution in [3.8, 4) is 0 Å². The fourth-order valence-corrected chi connectivity index (χ4v) is 2.13. The van der Waals surface area contributed by atoms with Gasteiger partial charge in [0.15, 0.2) is 11.6 Å². The second-order valence-corrected chi connectivity index (χ2v) is 4.51. The number of carbonyl (C=O) groups is 1. The second-order valence-electron chi connectivity index (χ2n) is 3.36. The molecule has 1 nitrogen and oxygen atoms in total. The van der Waals surface area contributed by atoms with Gasteiger partial charge in [0.1, 0.15) is 6.29 Å². The Morgan fingerprint density at radius 2 is 1.53 bits per heavy atom. The van der Waals surface area contributed by atoms with Crippen molar-refractivity contribution in [2.75, 3.05) is 0 Å². The molecule has 0 atom stereocenters. The average Bonchev–Trinajstić information content (AvgIpc) is 2.35. The van der Waals surface area contributed by atoms with Crippen LogP contribution < -0.4 is 0 Å². The normalized spacial score (nSPS) is 10.2. The monoisotopic (exact) mass is 250 g/mol. The molecule has 0 spiro atoms.